The Bertz CT molecular complexity index is 2110. The minimum absolute atomic E-state index is 0.422. The Morgan fingerprint density at radius 3 is 2.31 bits per heavy atom. The van der Waals surface area contributed by atoms with Crippen LogP contribution >= 0.6 is 11.3 Å². The molecule has 0 amide bonds. The molecule has 0 saturated carbocycles. The molecule has 3 aromatic carbocycles. The van der Waals surface area contributed by atoms with Gasteiger partial charge in [-0.1, -0.05) is 29.5 Å². The lowest BCUT2D eigenvalue weighted by Gasteiger charge is -2.36. The van der Waals surface area contributed by atoms with Gasteiger partial charge in [0.25, 0.3) is 0 Å². The zero-order valence-electron chi connectivity index (χ0n) is 25.0. The third-order valence-corrected chi connectivity index (χ3v) is 9.48. The van der Waals surface area contributed by atoms with Gasteiger partial charge in [0, 0.05) is 55.3 Å². The average Bonchev–Trinajstić information content (AvgIpc) is 3.78. The highest BCUT2D eigenvalue weighted by Gasteiger charge is 2.58. The van der Waals surface area contributed by atoms with Crippen molar-refractivity contribution in [2.24, 2.45) is 0 Å². The molecule has 0 unspecified atom stereocenters. The van der Waals surface area contributed by atoms with Crippen LogP contribution in [-0.2, 0) is 18.1 Å². The Kier molecular flexibility index (Phi) is 7.98. The number of rotatable bonds is 8. The lowest BCUT2D eigenvalue weighted by molar-refractivity contribution is -0.207. The standard InChI is InChI=1S/C33H25F4N9OS/c34-24-5-8-26(27(35)16-24)32(47,19-46-20-40-42-43-46)33(36,37)30-10-4-23(18-39-30)22-2-6-25(7-3-22)44-11-13-45(14-12-44)31-41-28-15-21(17-38)1-9-29(28)48-31/h1-10,15-16,18,20,47H,11-14,19H2/t32-/m0/s1. The first-order chi connectivity index (χ1) is 23.1. The molecule has 7 rings (SSSR count). The fourth-order valence-corrected chi connectivity index (χ4v) is 6.77. The molecule has 4 heterocycles. The second-order valence-electron chi connectivity index (χ2n) is 11.3. The van der Waals surface area contributed by atoms with Crippen LogP contribution in [0.1, 0.15) is 16.8 Å². The summed E-state index contributed by atoms with van der Waals surface area (Å²) < 4.78 is 62.5. The van der Waals surface area contributed by atoms with Crippen molar-refractivity contribution >= 4 is 32.4 Å². The van der Waals surface area contributed by atoms with Gasteiger partial charge >= 0.3 is 5.92 Å². The van der Waals surface area contributed by atoms with Crippen molar-refractivity contribution in [1.29, 1.82) is 5.26 Å². The molecule has 1 atom stereocenters. The predicted octanol–water partition coefficient (Wildman–Crippen LogP) is 5.50. The number of piperazine rings is 1. The van der Waals surface area contributed by atoms with E-state index in [2.05, 4.69) is 36.4 Å². The molecule has 6 aromatic rings. The van der Waals surface area contributed by atoms with E-state index < -0.39 is 41.0 Å². The van der Waals surface area contributed by atoms with E-state index in [1.807, 2.05) is 30.3 Å². The SMILES string of the molecule is N#Cc1ccc2sc(N3CCN(c4ccc(-c5ccc(C(F)(F)[C@](O)(Cn6cnnn6)c6ccc(F)cc6F)nc5)cc4)CC3)nc2c1. The van der Waals surface area contributed by atoms with Gasteiger partial charge in [0.15, 0.2) is 10.7 Å². The average molecular weight is 672 g/mol. The molecule has 0 radical (unpaired) electrons. The second kappa shape index (κ2) is 12.3. The van der Waals surface area contributed by atoms with E-state index in [9.17, 15) is 19.1 Å². The van der Waals surface area contributed by atoms with Crippen LogP contribution in [0.5, 0.6) is 0 Å². The van der Waals surface area contributed by atoms with Gasteiger partial charge in [0.2, 0.25) is 0 Å². The van der Waals surface area contributed by atoms with Crippen molar-refractivity contribution in [1.82, 2.24) is 30.2 Å². The minimum atomic E-state index is -4.15. The molecule has 10 nitrogen and oxygen atoms in total. The number of nitrogens with zero attached hydrogens (tertiary/aromatic N) is 9. The number of fused-ring (bicyclic) bond motifs is 1. The van der Waals surface area contributed by atoms with Gasteiger partial charge < -0.3 is 14.9 Å². The van der Waals surface area contributed by atoms with Crippen LogP contribution in [0.2, 0.25) is 0 Å². The van der Waals surface area contributed by atoms with E-state index >= 15 is 8.78 Å². The molecule has 15 heteroatoms. The minimum Gasteiger partial charge on any atom is -0.377 e. The summed E-state index contributed by atoms with van der Waals surface area (Å²) in [7, 11) is 0. The van der Waals surface area contributed by atoms with Crippen molar-refractivity contribution < 1.29 is 22.7 Å². The molecule has 0 aliphatic carbocycles. The Morgan fingerprint density at radius 2 is 1.65 bits per heavy atom. The number of halogens is 4. The number of aromatic nitrogens is 6. The maximum absolute atomic E-state index is 16.1. The number of benzene rings is 3. The summed E-state index contributed by atoms with van der Waals surface area (Å²) in [4.78, 5) is 13.2. The first-order valence-electron chi connectivity index (χ1n) is 14.8. The molecule has 48 heavy (non-hydrogen) atoms. The van der Waals surface area contributed by atoms with E-state index in [1.165, 1.54) is 12.3 Å². The summed E-state index contributed by atoms with van der Waals surface area (Å²) in [6, 6.07) is 19.8. The number of alkyl halides is 2. The predicted molar refractivity (Wildman–Crippen MR) is 170 cm³/mol. The molecule has 242 valence electrons. The number of pyridine rings is 1. The third-order valence-electron chi connectivity index (χ3n) is 8.38. The maximum atomic E-state index is 16.1. The van der Waals surface area contributed by atoms with Crippen molar-refractivity contribution in [2.45, 2.75) is 18.1 Å². The zero-order chi connectivity index (χ0) is 33.5. The molecule has 1 aliphatic rings. The summed E-state index contributed by atoms with van der Waals surface area (Å²) in [6.07, 6.45) is 2.25. The van der Waals surface area contributed by atoms with Gasteiger partial charge in [-0.05, 0) is 64.5 Å². The molecule has 0 spiro atoms. The number of hydrogen-bond donors (Lipinski definition) is 1. The zero-order valence-corrected chi connectivity index (χ0v) is 25.8. The topological polar surface area (TPSA) is 120 Å². The summed E-state index contributed by atoms with van der Waals surface area (Å²) in [5.74, 6) is -6.48. The Hall–Kier alpha value is -5.46. The number of hydrogen-bond acceptors (Lipinski definition) is 10. The summed E-state index contributed by atoms with van der Waals surface area (Å²) in [5, 5.41) is 31.8. The smallest absolute Gasteiger partial charge is 0.323 e. The lowest BCUT2D eigenvalue weighted by Crippen LogP contribution is -2.48. The quantitative estimate of drug-likeness (QED) is 0.209. The molecule has 3 aromatic heterocycles. The van der Waals surface area contributed by atoms with Gasteiger partial charge in [-0.25, -0.2) is 18.4 Å². The second-order valence-corrected chi connectivity index (χ2v) is 12.3. The van der Waals surface area contributed by atoms with Gasteiger partial charge in [0.1, 0.15) is 23.7 Å². The summed E-state index contributed by atoms with van der Waals surface area (Å²) in [5.41, 5.74) is -1.17. The molecular formula is C33H25F4N9OS. The number of thiazole rings is 1. The largest absolute Gasteiger partial charge is 0.377 e. The molecule has 0 bridgehead atoms. The van der Waals surface area contributed by atoms with Gasteiger partial charge in [-0.15, -0.1) is 5.10 Å². The van der Waals surface area contributed by atoms with Crippen LogP contribution in [0.15, 0.2) is 85.3 Å². The van der Waals surface area contributed by atoms with Crippen LogP contribution in [0.4, 0.5) is 28.4 Å². The number of nitriles is 1. The van der Waals surface area contributed by atoms with Crippen molar-refractivity contribution in [2.75, 3.05) is 36.0 Å². The summed E-state index contributed by atoms with van der Waals surface area (Å²) in [6.45, 7) is 2.15. The summed E-state index contributed by atoms with van der Waals surface area (Å²) >= 11 is 1.60. The Labute approximate surface area is 275 Å². The number of aliphatic hydroxyl groups is 1. The molecule has 1 N–H and O–H groups in total. The third kappa shape index (κ3) is 5.69. The van der Waals surface area contributed by atoms with E-state index in [0.29, 0.717) is 17.2 Å². The highest BCUT2D eigenvalue weighted by Crippen LogP contribution is 2.47. The van der Waals surface area contributed by atoms with Crippen molar-refractivity contribution in [3.63, 3.8) is 0 Å². The van der Waals surface area contributed by atoms with Crippen LogP contribution in [0, 0.1) is 23.0 Å². The monoisotopic (exact) mass is 671 g/mol. The molecule has 1 aliphatic heterocycles. The maximum Gasteiger partial charge on any atom is 0.323 e. The van der Waals surface area contributed by atoms with Gasteiger partial charge in [0.05, 0.1) is 28.4 Å². The van der Waals surface area contributed by atoms with Crippen LogP contribution in [-0.4, -0.2) is 61.5 Å². The fourth-order valence-electron chi connectivity index (χ4n) is 5.77. The van der Waals surface area contributed by atoms with Crippen LogP contribution in [0.25, 0.3) is 21.3 Å². The van der Waals surface area contributed by atoms with Gasteiger partial charge in [-0.3, -0.25) is 4.98 Å². The lowest BCUT2D eigenvalue weighted by atomic mass is 9.84. The Balaban J connectivity index is 1.06. The van der Waals surface area contributed by atoms with E-state index in [4.69, 9.17) is 4.98 Å². The molecule has 1 fully saturated rings. The van der Waals surface area contributed by atoms with E-state index in [-0.39, 0.29) is 0 Å². The highest BCUT2D eigenvalue weighted by atomic mass is 32.1. The number of anilines is 2. The van der Waals surface area contributed by atoms with Crippen LogP contribution in [0.3, 0.4) is 0 Å². The highest BCUT2D eigenvalue weighted by molar-refractivity contribution is 7.22. The first kappa shape index (κ1) is 31.2. The first-order valence-corrected chi connectivity index (χ1v) is 15.6. The van der Waals surface area contributed by atoms with Crippen molar-refractivity contribution in [3.8, 4) is 17.2 Å². The van der Waals surface area contributed by atoms with E-state index in [0.717, 1.165) is 82.0 Å². The normalized spacial score (nSPS) is 15.0. The van der Waals surface area contributed by atoms with E-state index in [1.54, 1.807) is 23.5 Å². The fraction of sp³-hybridized carbons (Fsp3) is 0.212. The van der Waals surface area contributed by atoms with Crippen molar-refractivity contribution in [3.05, 3.63) is 114 Å². The van der Waals surface area contributed by atoms with Crippen LogP contribution < -0.4 is 9.80 Å². The molecule has 1 saturated heterocycles. The van der Waals surface area contributed by atoms with Gasteiger partial charge in [-0.2, -0.15) is 14.0 Å². The number of tetrazole rings is 1. The molecular weight excluding hydrogens is 646 g/mol. The Morgan fingerprint density at radius 1 is 0.896 bits per heavy atom.